The van der Waals surface area contributed by atoms with E-state index < -0.39 is 28.8 Å². The summed E-state index contributed by atoms with van der Waals surface area (Å²) in [5.74, 6) is -0.702. The van der Waals surface area contributed by atoms with Crippen molar-refractivity contribution in [1.82, 2.24) is 10.2 Å². The van der Waals surface area contributed by atoms with Gasteiger partial charge in [-0.2, -0.15) is 0 Å². The van der Waals surface area contributed by atoms with Crippen molar-refractivity contribution in [3.8, 4) is 0 Å². The molecule has 7 nitrogen and oxygen atoms in total. The molecular formula is C11H20N2O5S. The summed E-state index contributed by atoms with van der Waals surface area (Å²) in [4.78, 5) is 24.4. The van der Waals surface area contributed by atoms with Crippen LogP contribution in [-0.4, -0.2) is 70.1 Å². The predicted molar refractivity (Wildman–Crippen MR) is 70.5 cm³/mol. The molecule has 0 radical (unpaired) electrons. The number of aliphatic carboxylic acids is 1. The third-order valence-corrected chi connectivity index (χ3v) is 3.97. The van der Waals surface area contributed by atoms with Crippen molar-refractivity contribution in [2.75, 3.05) is 25.7 Å². The van der Waals surface area contributed by atoms with E-state index in [0.717, 1.165) is 0 Å². The Kier molecular flexibility index (Phi) is 5.74. The number of hydrogen-bond acceptors (Lipinski definition) is 4. The number of likely N-dealkylation sites (tertiary alicyclic amines) is 1. The van der Waals surface area contributed by atoms with Crippen LogP contribution in [0.1, 0.15) is 13.3 Å². The highest BCUT2D eigenvalue weighted by Gasteiger charge is 2.40. The standard InChI is InChI=1S/C11H20N2O5S/c1-7(6-19(3)17)12-11(16)13-5-8(18-2)4-9(13)10(14)15/h7-9H,4-6H2,1-3H3,(H,12,16)(H,14,15). The van der Waals surface area contributed by atoms with Crippen LogP contribution < -0.4 is 5.32 Å². The Hall–Kier alpha value is -1.15. The first-order valence-electron chi connectivity index (χ1n) is 5.98. The fourth-order valence-electron chi connectivity index (χ4n) is 2.11. The van der Waals surface area contributed by atoms with Crippen molar-refractivity contribution in [2.24, 2.45) is 0 Å². The van der Waals surface area contributed by atoms with Crippen LogP contribution in [0.3, 0.4) is 0 Å². The summed E-state index contributed by atoms with van der Waals surface area (Å²) in [6.45, 7) is 1.99. The van der Waals surface area contributed by atoms with E-state index in [1.807, 2.05) is 0 Å². The van der Waals surface area contributed by atoms with Gasteiger partial charge in [-0.05, 0) is 6.92 Å². The molecule has 4 unspecified atom stereocenters. The Balaban J connectivity index is 2.63. The number of urea groups is 1. The minimum atomic E-state index is -1.04. The molecule has 1 fully saturated rings. The van der Waals surface area contributed by atoms with Gasteiger partial charge in [-0.15, -0.1) is 0 Å². The number of methoxy groups -OCH3 is 1. The van der Waals surface area contributed by atoms with Crippen LogP contribution >= 0.6 is 0 Å². The van der Waals surface area contributed by atoms with E-state index in [1.165, 1.54) is 12.0 Å². The predicted octanol–water partition coefficient (Wildman–Crippen LogP) is -0.363. The molecule has 0 saturated carbocycles. The van der Waals surface area contributed by atoms with Crippen molar-refractivity contribution < 1.29 is 23.6 Å². The highest BCUT2D eigenvalue weighted by molar-refractivity contribution is 7.84. The highest BCUT2D eigenvalue weighted by Crippen LogP contribution is 2.20. The maximum Gasteiger partial charge on any atom is 0.326 e. The van der Waals surface area contributed by atoms with Crippen molar-refractivity contribution in [3.05, 3.63) is 0 Å². The van der Waals surface area contributed by atoms with Gasteiger partial charge in [0.25, 0.3) is 0 Å². The second-order valence-electron chi connectivity index (χ2n) is 4.69. The molecule has 2 amide bonds. The zero-order valence-corrected chi connectivity index (χ0v) is 12.1. The number of amides is 2. The Labute approximate surface area is 114 Å². The van der Waals surface area contributed by atoms with Crippen LogP contribution in [0, 0.1) is 0 Å². The number of carbonyl (C=O) groups is 2. The number of carboxylic acids is 1. The van der Waals surface area contributed by atoms with E-state index >= 15 is 0 Å². The molecule has 0 bridgehead atoms. The van der Waals surface area contributed by atoms with E-state index in [4.69, 9.17) is 9.84 Å². The first-order chi connectivity index (χ1) is 8.85. The third kappa shape index (κ3) is 4.46. The number of hydrogen-bond donors (Lipinski definition) is 2. The van der Waals surface area contributed by atoms with Crippen molar-refractivity contribution >= 4 is 22.8 Å². The molecule has 1 saturated heterocycles. The lowest BCUT2D eigenvalue weighted by Crippen LogP contribution is -2.49. The number of nitrogens with zero attached hydrogens (tertiary/aromatic N) is 1. The summed E-state index contributed by atoms with van der Waals surface area (Å²) in [5.41, 5.74) is 0. The number of rotatable bonds is 5. The van der Waals surface area contributed by atoms with Gasteiger partial charge in [-0.25, -0.2) is 9.59 Å². The highest BCUT2D eigenvalue weighted by atomic mass is 32.2. The summed E-state index contributed by atoms with van der Waals surface area (Å²) >= 11 is 0. The third-order valence-electron chi connectivity index (χ3n) is 3.00. The molecule has 4 atom stereocenters. The molecule has 110 valence electrons. The molecule has 2 N–H and O–H groups in total. The van der Waals surface area contributed by atoms with E-state index in [0.29, 0.717) is 5.75 Å². The maximum atomic E-state index is 12.0. The molecule has 0 aromatic rings. The Morgan fingerprint density at radius 3 is 2.68 bits per heavy atom. The van der Waals surface area contributed by atoms with Gasteiger partial charge in [0.1, 0.15) is 6.04 Å². The summed E-state index contributed by atoms with van der Waals surface area (Å²) in [7, 11) is 0.480. The van der Waals surface area contributed by atoms with Crippen LogP contribution in [0.5, 0.6) is 0 Å². The molecule has 0 aromatic heterocycles. The molecule has 1 aliphatic heterocycles. The number of nitrogens with one attached hydrogen (secondary N) is 1. The molecule has 1 rings (SSSR count). The summed E-state index contributed by atoms with van der Waals surface area (Å²) < 4.78 is 16.2. The molecule has 0 aliphatic carbocycles. The van der Waals surface area contributed by atoms with Crippen LogP contribution in [0.4, 0.5) is 4.79 Å². The molecule has 1 aliphatic rings. The van der Waals surface area contributed by atoms with Crippen molar-refractivity contribution in [1.29, 1.82) is 0 Å². The van der Waals surface area contributed by atoms with Gasteiger partial charge in [0.05, 0.1) is 6.10 Å². The molecule has 0 aromatic carbocycles. The number of carboxylic acid groups (broad SMARTS) is 1. The SMILES string of the molecule is COC1CC(C(=O)O)N(C(=O)NC(C)CS(C)=O)C1. The second-order valence-corrected chi connectivity index (χ2v) is 6.17. The Bertz CT molecular complexity index is 376. The summed E-state index contributed by atoms with van der Waals surface area (Å²) in [6.07, 6.45) is 1.58. The lowest BCUT2D eigenvalue weighted by Gasteiger charge is -2.23. The summed E-state index contributed by atoms with van der Waals surface area (Å²) in [5, 5.41) is 11.8. The Morgan fingerprint density at radius 1 is 1.58 bits per heavy atom. The minimum Gasteiger partial charge on any atom is -0.480 e. The fraction of sp³-hybridized carbons (Fsp3) is 0.818. The average molecular weight is 292 g/mol. The van der Waals surface area contributed by atoms with Gasteiger partial charge in [0, 0.05) is 48.9 Å². The first-order valence-corrected chi connectivity index (χ1v) is 7.70. The zero-order chi connectivity index (χ0) is 14.6. The van der Waals surface area contributed by atoms with Crippen LogP contribution in [-0.2, 0) is 20.3 Å². The van der Waals surface area contributed by atoms with E-state index in [9.17, 15) is 13.8 Å². The van der Waals surface area contributed by atoms with E-state index in [1.54, 1.807) is 13.2 Å². The van der Waals surface area contributed by atoms with Crippen molar-refractivity contribution in [2.45, 2.75) is 31.5 Å². The van der Waals surface area contributed by atoms with Crippen LogP contribution in [0.25, 0.3) is 0 Å². The largest absolute Gasteiger partial charge is 0.480 e. The minimum absolute atomic E-state index is 0.251. The van der Waals surface area contributed by atoms with Gasteiger partial charge >= 0.3 is 12.0 Å². The van der Waals surface area contributed by atoms with E-state index in [2.05, 4.69) is 5.32 Å². The second kappa shape index (κ2) is 6.85. The smallest absolute Gasteiger partial charge is 0.326 e. The molecule has 19 heavy (non-hydrogen) atoms. The van der Waals surface area contributed by atoms with Crippen molar-refractivity contribution in [3.63, 3.8) is 0 Å². The monoisotopic (exact) mass is 292 g/mol. The van der Waals surface area contributed by atoms with Crippen LogP contribution in [0.2, 0.25) is 0 Å². The fourth-order valence-corrected chi connectivity index (χ4v) is 2.90. The maximum absolute atomic E-state index is 12.0. The normalized spacial score (nSPS) is 25.9. The number of ether oxygens (including phenoxy) is 1. The molecule has 0 spiro atoms. The van der Waals surface area contributed by atoms with Gasteiger partial charge < -0.3 is 20.1 Å². The lowest BCUT2D eigenvalue weighted by atomic mass is 10.2. The van der Waals surface area contributed by atoms with Gasteiger partial charge in [0.15, 0.2) is 0 Å². The Morgan fingerprint density at radius 2 is 2.21 bits per heavy atom. The molecular weight excluding hydrogens is 272 g/mol. The topological polar surface area (TPSA) is 95.9 Å². The molecule has 8 heteroatoms. The van der Waals surface area contributed by atoms with Gasteiger partial charge in [-0.3, -0.25) is 4.21 Å². The molecule has 1 heterocycles. The average Bonchev–Trinajstić information content (AvgIpc) is 2.71. The number of carbonyl (C=O) groups excluding carboxylic acids is 1. The van der Waals surface area contributed by atoms with Gasteiger partial charge in [0.2, 0.25) is 0 Å². The lowest BCUT2D eigenvalue weighted by molar-refractivity contribution is -0.141. The quantitative estimate of drug-likeness (QED) is 0.721. The zero-order valence-electron chi connectivity index (χ0n) is 11.3. The van der Waals surface area contributed by atoms with E-state index in [-0.39, 0.29) is 25.1 Å². The van der Waals surface area contributed by atoms with Crippen LogP contribution in [0.15, 0.2) is 0 Å². The van der Waals surface area contributed by atoms with Gasteiger partial charge in [-0.1, -0.05) is 0 Å². The summed E-state index contributed by atoms with van der Waals surface area (Å²) in [6, 6.07) is -1.59. The first kappa shape index (κ1) is 15.9.